The first-order valence-corrected chi connectivity index (χ1v) is 2.97. The third-order valence-corrected chi connectivity index (χ3v) is 0.949. The summed E-state index contributed by atoms with van der Waals surface area (Å²) < 4.78 is 0. The summed E-state index contributed by atoms with van der Waals surface area (Å²) in [5.41, 5.74) is 6.59. The number of rotatable bonds is 0. The van der Waals surface area contributed by atoms with Crippen LogP contribution in [0.5, 0.6) is 0 Å². The Hall–Kier alpha value is -1.37. The van der Waals surface area contributed by atoms with Crippen LogP contribution in [0.4, 0.5) is 4.79 Å². The molecule has 7 heteroatoms. The first-order chi connectivity index (χ1) is 5.07. The van der Waals surface area contributed by atoms with E-state index in [-0.39, 0.29) is 4.99 Å². The molecule has 0 aromatic rings. The molecule has 0 aliphatic heterocycles. The van der Waals surface area contributed by atoms with E-state index in [9.17, 15) is 9.59 Å². The monoisotopic (exact) mass is 177 g/mol. The maximum atomic E-state index is 10.3. The van der Waals surface area contributed by atoms with Crippen molar-refractivity contribution >= 4 is 29.2 Å². The molecule has 0 aliphatic rings. The van der Waals surface area contributed by atoms with Gasteiger partial charge in [-0.2, -0.15) is 0 Å². The number of hydroxylamine groups is 1. The minimum atomic E-state index is -0.857. The van der Waals surface area contributed by atoms with Gasteiger partial charge >= 0.3 is 6.09 Å². The van der Waals surface area contributed by atoms with E-state index in [0.717, 1.165) is 0 Å². The number of primary amides is 1. The maximum absolute atomic E-state index is 10.3. The first kappa shape index (κ1) is 9.63. The van der Waals surface area contributed by atoms with E-state index in [1.54, 1.807) is 0 Å². The fraction of sp³-hybridized carbons (Fsp3) is 0.250. The lowest BCUT2D eigenvalue weighted by molar-refractivity contribution is -0.112. The molecule has 4 N–H and O–H groups in total. The average Bonchev–Trinajstić information content (AvgIpc) is 1.99. The number of hydrogen-bond donors (Lipinski definition) is 3. The molecule has 0 saturated carbocycles. The van der Waals surface area contributed by atoms with Gasteiger partial charge in [0.15, 0.2) is 4.99 Å². The molecule has 11 heavy (non-hydrogen) atoms. The molecule has 0 saturated heterocycles. The van der Waals surface area contributed by atoms with Gasteiger partial charge in [-0.1, -0.05) is 12.2 Å². The lowest BCUT2D eigenvalue weighted by Crippen LogP contribution is -2.38. The summed E-state index contributed by atoms with van der Waals surface area (Å²) in [6.07, 6.45) is -0.756. The molecule has 6 nitrogen and oxygen atoms in total. The van der Waals surface area contributed by atoms with Crippen LogP contribution in [0.1, 0.15) is 0 Å². The second-order valence-corrected chi connectivity index (χ2v) is 1.84. The minimum Gasteiger partial charge on any atom is -0.363 e. The molecule has 0 aliphatic carbocycles. The fourth-order valence-electron chi connectivity index (χ4n) is 0.194. The van der Waals surface area contributed by atoms with Crippen molar-refractivity contribution in [3.8, 4) is 0 Å². The van der Waals surface area contributed by atoms with E-state index >= 15 is 0 Å². The predicted octanol–water partition coefficient (Wildman–Crippen LogP) is -1.34. The van der Waals surface area contributed by atoms with E-state index < -0.39 is 12.0 Å². The fourth-order valence-corrected chi connectivity index (χ4v) is 0.236. The van der Waals surface area contributed by atoms with Gasteiger partial charge in [0, 0.05) is 7.05 Å². The summed E-state index contributed by atoms with van der Waals surface area (Å²) in [5.74, 6) is -0.857. The maximum Gasteiger partial charge on any atom is 0.431 e. The molecule has 0 aromatic heterocycles. The smallest absolute Gasteiger partial charge is 0.363 e. The average molecular weight is 177 g/mol. The number of nitrogens with one attached hydrogen (secondary N) is 2. The summed E-state index contributed by atoms with van der Waals surface area (Å²) >= 11 is 4.35. The number of nitrogens with two attached hydrogens (primary N) is 1. The van der Waals surface area contributed by atoms with Gasteiger partial charge in [-0.15, -0.1) is 0 Å². The molecule has 2 amide bonds. The molecular formula is C4H7N3O3S. The Morgan fingerprint density at radius 3 is 2.45 bits per heavy atom. The number of hydrogen-bond acceptors (Lipinski definition) is 4. The second kappa shape index (κ2) is 4.45. The van der Waals surface area contributed by atoms with Crippen LogP contribution in [-0.2, 0) is 9.63 Å². The minimum absolute atomic E-state index is 0.353. The number of carbonyl (C=O) groups is 2. The van der Waals surface area contributed by atoms with Gasteiger partial charge in [-0.3, -0.25) is 4.79 Å². The highest BCUT2D eigenvalue weighted by molar-refractivity contribution is 7.82. The molecule has 62 valence electrons. The summed E-state index contributed by atoms with van der Waals surface area (Å²) in [7, 11) is 1.36. The van der Waals surface area contributed by atoms with Gasteiger partial charge in [-0.25, -0.2) is 10.3 Å². The Morgan fingerprint density at radius 1 is 1.55 bits per heavy atom. The van der Waals surface area contributed by atoms with Crippen LogP contribution >= 0.6 is 12.2 Å². The standard InChI is InChI=1S/C4H7N3O3S/c1-6-4(9)10-7-3(11)2(5)8/h1H3,(H2,5,8)(H,6,9)(H,7,11). The molecule has 0 heterocycles. The third kappa shape index (κ3) is 4.09. The molecule has 0 unspecified atom stereocenters. The van der Waals surface area contributed by atoms with E-state index in [2.05, 4.69) is 22.4 Å². The Balaban J connectivity index is 3.63. The van der Waals surface area contributed by atoms with Crippen LogP contribution in [0, 0.1) is 0 Å². The van der Waals surface area contributed by atoms with Crippen LogP contribution in [0.2, 0.25) is 0 Å². The largest absolute Gasteiger partial charge is 0.431 e. The van der Waals surface area contributed by atoms with E-state index in [1.165, 1.54) is 7.05 Å². The van der Waals surface area contributed by atoms with E-state index in [4.69, 9.17) is 5.73 Å². The Labute approximate surface area is 68.0 Å². The molecule has 0 atom stereocenters. The van der Waals surface area contributed by atoms with Crippen molar-refractivity contribution in [1.82, 2.24) is 10.8 Å². The summed E-state index contributed by atoms with van der Waals surface area (Å²) in [6, 6.07) is 0. The normalized spacial score (nSPS) is 8.09. The van der Waals surface area contributed by atoms with Crippen LogP contribution in [0.25, 0.3) is 0 Å². The van der Waals surface area contributed by atoms with E-state index in [1.807, 2.05) is 5.48 Å². The van der Waals surface area contributed by atoms with Crippen LogP contribution in [0.3, 0.4) is 0 Å². The van der Waals surface area contributed by atoms with Crippen LogP contribution in [0.15, 0.2) is 0 Å². The lowest BCUT2D eigenvalue weighted by atomic mass is 10.6. The van der Waals surface area contributed by atoms with Crippen molar-refractivity contribution < 1.29 is 14.4 Å². The SMILES string of the molecule is CNC(=O)ONC(=S)C(N)=O. The van der Waals surface area contributed by atoms with Gasteiger partial charge in [0.1, 0.15) is 0 Å². The zero-order valence-corrected chi connectivity index (χ0v) is 6.53. The van der Waals surface area contributed by atoms with Gasteiger partial charge in [0.25, 0.3) is 5.91 Å². The predicted molar refractivity (Wildman–Crippen MR) is 40.5 cm³/mol. The molecule has 0 fully saturated rings. The van der Waals surface area contributed by atoms with Crippen molar-refractivity contribution in [2.24, 2.45) is 5.73 Å². The quantitative estimate of drug-likeness (QED) is 0.314. The second-order valence-electron chi connectivity index (χ2n) is 1.43. The zero-order valence-electron chi connectivity index (χ0n) is 5.71. The highest BCUT2D eigenvalue weighted by Crippen LogP contribution is 1.73. The molecule has 0 rings (SSSR count). The molecule has 0 aromatic carbocycles. The lowest BCUT2D eigenvalue weighted by Gasteiger charge is -2.03. The van der Waals surface area contributed by atoms with Crippen molar-refractivity contribution in [2.75, 3.05) is 7.05 Å². The van der Waals surface area contributed by atoms with Gasteiger partial charge in [0.2, 0.25) is 0 Å². The Kier molecular flexibility index (Phi) is 3.89. The molecular weight excluding hydrogens is 170 g/mol. The number of amides is 2. The van der Waals surface area contributed by atoms with Crippen molar-refractivity contribution in [3.05, 3.63) is 0 Å². The summed E-state index contributed by atoms with van der Waals surface area (Å²) in [4.78, 5) is 24.4. The third-order valence-electron chi connectivity index (χ3n) is 0.664. The van der Waals surface area contributed by atoms with Crippen molar-refractivity contribution in [3.63, 3.8) is 0 Å². The molecule has 0 spiro atoms. The molecule has 0 bridgehead atoms. The summed E-state index contributed by atoms with van der Waals surface area (Å²) in [5, 5.41) is 2.12. The zero-order chi connectivity index (χ0) is 8.85. The Bertz CT molecular complexity index is 193. The Morgan fingerprint density at radius 2 is 2.09 bits per heavy atom. The number of carbonyl (C=O) groups excluding carboxylic acids is 2. The summed E-state index contributed by atoms with van der Waals surface area (Å²) in [6.45, 7) is 0. The highest BCUT2D eigenvalue weighted by atomic mass is 32.1. The molecule has 0 radical (unpaired) electrons. The van der Waals surface area contributed by atoms with Gasteiger partial charge < -0.3 is 15.9 Å². The van der Waals surface area contributed by atoms with Gasteiger partial charge in [-0.05, 0) is 0 Å². The highest BCUT2D eigenvalue weighted by Gasteiger charge is 2.05. The topological polar surface area (TPSA) is 93.4 Å². The first-order valence-electron chi connectivity index (χ1n) is 2.56. The van der Waals surface area contributed by atoms with Crippen LogP contribution < -0.4 is 16.5 Å². The van der Waals surface area contributed by atoms with E-state index in [0.29, 0.717) is 0 Å². The van der Waals surface area contributed by atoms with Crippen molar-refractivity contribution in [2.45, 2.75) is 0 Å². The number of thiocarbonyl (C=S) groups is 1. The van der Waals surface area contributed by atoms with Crippen molar-refractivity contribution in [1.29, 1.82) is 0 Å². The van der Waals surface area contributed by atoms with Crippen LogP contribution in [-0.4, -0.2) is 24.0 Å². The van der Waals surface area contributed by atoms with Gasteiger partial charge in [0.05, 0.1) is 0 Å².